The molecule has 0 aliphatic heterocycles. The molecule has 0 rings (SSSR count). The van der Waals surface area contributed by atoms with Crippen LogP contribution in [0.4, 0.5) is 26.3 Å². The van der Waals surface area contributed by atoms with E-state index >= 15 is 0 Å². The fourth-order valence-electron chi connectivity index (χ4n) is 0.724. The molecule has 0 bridgehead atoms. The standard InChI is InChI=1S/C6H7F6NO/c1-13(2)4(14)3(5(7,8)9)6(10,11)12/h3H,1-2H3. The second-order valence-electron chi connectivity index (χ2n) is 2.75. The van der Waals surface area contributed by atoms with Crippen LogP contribution in [0.3, 0.4) is 0 Å². The molecule has 84 valence electrons. The summed E-state index contributed by atoms with van der Waals surface area (Å²) in [5.41, 5.74) is 0. The molecule has 0 heterocycles. The average Bonchev–Trinajstić information content (AvgIpc) is 1.79. The quantitative estimate of drug-likeness (QED) is 0.621. The Hall–Kier alpha value is -0.950. The van der Waals surface area contributed by atoms with Crippen molar-refractivity contribution < 1.29 is 31.1 Å². The third kappa shape index (κ3) is 3.08. The van der Waals surface area contributed by atoms with Crippen molar-refractivity contribution in [2.24, 2.45) is 5.92 Å². The predicted molar refractivity (Wildman–Crippen MR) is 34.3 cm³/mol. The van der Waals surface area contributed by atoms with Gasteiger partial charge in [0.2, 0.25) is 11.8 Å². The molecule has 0 N–H and O–H groups in total. The van der Waals surface area contributed by atoms with E-state index in [1.54, 1.807) is 0 Å². The zero-order valence-corrected chi connectivity index (χ0v) is 7.20. The number of halogens is 6. The molecule has 0 radical (unpaired) electrons. The maximum Gasteiger partial charge on any atom is 0.409 e. The number of rotatable bonds is 1. The van der Waals surface area contributed by atoms with E-state index in [2.05, 4.69) is 0 Å². The molecular weight excluding hydrogens is 216 g/mol. The Bertz CT molecular complexity index is 203. The monoisotopic (exact) mass is 223 g/mol. The van der Waals surface area contributed by atoms with Gasteiger partial charge < -0.3 is 4.90 Å². The van der Waals surface area contributed by atoms with E-state index in [-0.39, 0.29) is 4.90 Å². The number of alkyl halides is 6. The van der Waals surface area contributed by atoms with Gasteiger partial charge in [0.25, 0.3) is 0 Å². The number of hydrogen-bond acceptors (Lipinski definition) is 1. The number of carbonyl (C=O) groups is 1. The molecule has 0 fully saturated rings. The van der Waals surface area contributed by atoms with Crippen LogP contribution in [-0.2, 0) is 4.79 Å². The van der Waals surface area contributed by atoms with Crippen molar-refractivity contribution in [1.29, 1.82) is 0 Å². The highest BCUT2D eigenvalue weighted by atomic mass is 19.4. The number of nitrogens with zero attached hydrogens (tertiary/aromatic N) is 1. The largest absolute Gasteiger partial charge is 0.409 e. The lowest BCUT2D eigenvalue weighted by Gasteiger charge is -2.24. The van der Waals surface area contributed by atoms with E-state index in [9.17, 15) is 31.1 Å². The molecule has 0 aliphatic rings. The summed E-state index contributed by atoms with van der Waals surface area (Å²) in [6, 6.07) is 0. The van der Waals surface area contributed by atoms with Crippen molar-refractivity contribution in [3.63, 3.8) is 0 Å². The van der Waals surface area contributed by atoms with Crippen LogP contribution >= 0.6 is 0 Å². The molecule has 0 aromatic heterocycles. The lowest BCUT2D eigenvalue weighted by molar-refractivity contribution is -0.276. The van der Waals surface area contributed by atoms with Crippen LogP contribution in [0.25, 0.3) is 0 Å². The summed E-state index contributed by atoms with van der Waals surface area (Å²) in [5, 5.41) is 0. The molecular formula is C6H7F6NO. The van der Waals surface area contributed by atoms with Gasteiger partial charge in [0.1, 0.15) is 0 Å². The smallest absolute Gasteiger partial charge is 0.348 e. The van der Waals surface area contributed by atoms with Crippen LogP contribution < -0.4 is 0 Å². The maximum absolute atomic E-state index is 11.9. The zero-order valence-electron chi connectivity index (χ0n) is 7.20. The van der Waals surface area contributed by atoms with Gasteiger partial charge >= 0.3 is 12.4 Å². The Balaban J connectivity index is 5.05. The van der Waals surface area contributed by atoms with Gasteiger partial charge in [-0.1, -0.05) is 0 Å². The molecule has 0 saturated carbocycles. The third-order valence-corrected chi connectivity index (χ3v) is 1.34. The van der Waals surface area contributed by atoms with Gasteiger partial charge in [-0.15, -0.1) is 0 Å². The Labute approximate surface area is 75.5 Å². The number of carbonyl (C=O) groups excluding carboxylic acids is 1. The van der Waals surface area contributed by atoms with Gasteiger partial charge in [-0.3, -0.25) is 4.79 Å². The lowest BCUT2D eigenvalue weighted by Crippen LogP contribution is -2.47. The minimum absolute atomic E-state index is 0.256. The summed E-state index contributed by atoms with van der Waals surface area (Å²) >= 11 is 0. The van der Waals surface area contributed by atoms with Crippen LogP contribution in [-0.4, -0.2) is 37.3 Å². The van der Waals surface area contributed by atoms with Gasteiger partial charge in [0.15, 0.2) is 0 Å². The van der Waals surface area contributed by atoms with E-state index in [0.717, 1.165) is 14.1 Å². The third-order valence-electron chi connectivity index (χ3n) is 1.34. The molecule has 1 amide bonds. The molecule has 0 aromatic rings. The molecule has 0 aromatic carbocycles. The minimum atomic E-state index is -5.61. The van der Waals surface area contributed by atoms with Crippen molar-refractivity contribution in [3.8, 4) is 0 Å². The molecule has 0 saturated heterocycles. The van der Waals surface area contributed by atoms with E-state index in [1.807, 2.05) is 0 Å². The van der Waals surface area contributed by atoms with Crippen molar-refractivity contribution in [1.82, 2.24) is 4.90 Å². The number of hydrogen-bond donors (Lipinski definition) is 0. The van der Waals surface area contributed by atoms with Gasteiger partial charge in [-0.2, -0.15) is 26.3 Å². The van der Waals surface area contributed by atoms with Gasteiger partial charge in [-0.05, 0) is 0 Å². The Morgan fingerprint density at radius 2 is 1.29 bits per heavy atom. The van der Waals surface area contributed by atoms with E-state index in [0.29, 0.717) is 0 Å². The first-order valence-corrected chi connectivity index (χ1v) is 3.32. The highest BCUT2D eigenvalue weighted by Crippen LogP contribution is 2.39. The normalized spacial score (nSPS) is 13.2. The second kappa shape index (κ2) is 3.66. The fraction of sp³-hybridized carbons (Fsp3) is 0.833. The first-order valence-electron chi connectivity index (χ1n) is 3.32. The topological polar surface area (TPSA) is 20.3 Å². The Morgan fingerprint density at radius 1 is 1.00 bits per heavy atom. The molecule has 0 aliphatic carbocycles. The molecule has 8 heteroatoms. The fourth-order valence-corrected chi connectivity index (χ4v) is 0.724. The van der Waals surface area contributed by atoms with E-state index in [1.165, 1.54) is 0 Å². The summed E-state index contributed by atoms with van der Waals surface area (Å²) in [5.74, 6) is -5.96. The van der Waals surface area contributed by atoms with Crippen LogP contribution in [0.1, 0.15) is 0 Å². The van der Waals surface area contributed by atoms with Crippen LogP contribution in [0, 0.1) is 5.92 Å². The van der Waals surface area contributed by atoms with E-state index in [4.69, 9.17) is 0 Å². The second-order valence-corrected chi connectivity index (χ2v) is 2.75. The van der Waals surface area contributed by atoms with Crippen molar-refractivity contribution in [2.45, 2.75) is 12.4 Å². The van der Waals surface area contributed by atoms with Crippen LogP contribution in [0.2, 0.25) is 0 Å². The van der Waals surface area contributed by atoms with Gasteiger partial charge in [0, 0.05) is 14.1 Å². The first kappa shape index (κ1) is 13.0. The Kier molecular flexibility index (Phi) is 3.41. The van der Waals surface area contributed by atoms with Crippen molar-refractivity contribution >= 4 is 5.91 Å². The summed E-state index contributed by atoms with van der Waals surface area (Å²) in [4.78, 5) is 10.9. The summed E-state index contributed by atoms with van der Waals surface area (Å²) in [6.45, 7) is 0. The molecule has 14 heavy (non-hydrogen) atoms. The minimum Gasteiger partial charge on any atom is -0.348 e. The van der Waals surface area contributed by atoms with Gasteiger partial charge in [0.05, 0.1) is 0 Å². The summed E-state index contributed by atoms with van der Waals surface area (Å²) in [6.07, 6.45) is -11.2. The molecule has 0 unspecified atom stereocenters. The van der Waals surface area contributed by atoms with Crippen molar-refractivity contribution in [2.75, 3.05) is 14.1 Å². The van der Waals surface area contributed by atoms with E-state index < -0.39 is 24.2 Å². The average molecular weight is 223 g/mol. The SMILES string of the molecule is CN(C)C(=O)C(C(F)(F)F)C(F)(F)F. The zero-order chi connectivity index (χ0) is 11.7. The van der Waals surface area contributed by atoms with Gasteiger partial charge in [-0.25, -0.2) is 0 Å². The molecule has 0 spiro atoms. The Morgan fingerprint density at radius 3 is 1.36 bits per heavy atom. The van der Waals surface area contributed by atoms with Crippen LogP contribution in [0.15, 0.2) is 0 Å². The summed E-state index contributed by atoms with van der Waals surface area (Å²) < 4.78 is 71.2. The van der Waals surface area contributed by atoms with Crippen molar-refractivity contribution in [3.05, 3.63) is 0 Å². The summed E-state index contributed by atoms with van der Waals surface area (Å²) in [7, 11) is 1.65. The molecule has 2 nitrogen and oxygen atoms in total. The highest BCUT2D eigenvalue weighted by molar-refractivity contribution is 5.79. The first-order chi connectivity index (χ1) is 5.98. The lowest BCUT2D eigenvalue weighted by atomic mass is 10.1. The number of amides is 1. The van der Waals surface area contributed by atoms with Crippen LogP contribution in [0.5, 0.6) is 0 Å². The maximum atomic E-state index is 11.9. The predicted octanol–water partition coefficient (Wildman–Crippen LogP) is 1.82. The molecule has 0 atom stereocenters. The highest BCUT2D eigenvalue weighted by Gasteiger charge is 2.61.